The Morgan fingerprint density at radius 3 is 2.56 bits per heavy atom. The Labute approximate surface area is 146 Å². The lowest BCUT2D eigenvalue weighted by molar-refractivity contribution is 0.0606. The van der Waals surface area contributed by atoms with E-state index in [4.69, 9.17) is 4.74 Å². The molecular formula is C16H14N4O4S. The summed E-state index contributed by atoms with van der Waals surface area (Å²) in [6, 6.07) is 8.24. The van der Waals surface area contributed by atoms with Crippen molar-refractivity contribution < 1.29 is 14.3 Å². The van der Waals surface area contributed by atoms with E-state index in [0.717, 1.165) is 11.3 Å². The zero-order valence-corrected chi connectivity index (χ0v) is 14.5. The van der Waals surface area contributed by atoms with Crippen LogP contribution in [0.25, 0.3) is 4.83 Å². The summed E-state index contributed by atoms with van der Waals surface area (Å²) in [6.45, 7) is 1.72. The van der Waals surface area contributed by atoms with Crippen molar-refractivity contribution in [2.45, 2.75) is 6.92 Å². The molecule has 0 radical (unpaired) electrons. The first-order valence-electron chi connectivity index (χ1n) is 7.21. The number of methoxy groups -OCH3 is 2. The molecule has 0 amide bonds. The van der Waals surface area contributed by atoms with Gasteiger partial charge in [-0.2, -0.15) is 14.7 Å². The van der Waals surface area contributed by atoms with Gasteiger partial charge in [0.1, 0.15) is 16.3 Å². The van der Waals surface area contributed by atoms with Gasteiger partial charge in [0.2, 0.25) is 0 Å². The molecule has 0 aliphatic heterocycles. The molecular weight excluding hydrogens is 344 g/mol. The normalized spacial score (nSPS) is 11.2. The molecule has 0 atom stereocenters. The zero-order valence-electron chi connectivity index (χ0n) is 13.7. The molecule has 0 N–H and O–H groups in total. The molecule has 25 heavy (non-hydrogen) atoms. The molecule has 3 aromatic rings. The number of aryl methyl sites for hydroxylation is 1. The number of aromatic nitrogens is 2. The van der Waals surface area contributed by atoms with E-state index in [2.05, 4.69) is 20.1 Å². The van der Waals surface area contributed by atoms with Crippen LogP contribution in [0.3, 0.4) is 0 Å². The fraction of sp³-hybridized carbons (Fsp3) is 0.188. The third kappa shape index (κ3) is 3.26. The number of nitrogens with zero attached hydrogens (tertiary/aromatic N) is 4. The van der Waals surface area contributed by atoms with E-state index in [0.29, 0.717) is 27.6 Å². The standard InChI is InChI=1S/C16H14N4O4S/c1-9-14(18-17-10-4-6-11(23-2)7-5-10)15-20(19-9)13(21)8-12(25-15)16(22)24-3/h4-8H,1-3H3. The van der Waals surface area contributed by atoms with Crippen LogP contribution in [-0.4, -0.2) is 29.8 Å². The lowest BCUT2D eigenvalue weighted by Crippen LogP contribution is -2.14. The maximum absolute atomic E-state index is 12.1. The van der Waals surface area contributed by atoms with Crippen molar-refractivity contribution in [2.75, 3.05) is 14.2 Å². The van der Waals surface area contributed by atoms with E-state index in [1.54, 1.807) is 38.3 Å². The summed E-state index contributed by atoms with van der Waals surface area (Å²) >= 11 is 1.07. The maximum atomic E-state index is 12.1. The maximum Gasteiger partial charge on any atom is 0.348 e. The number of carbonyl (C=O) groups is 1. The summed E-state index contributed by atoms with van der Waals surface area (Å²) in [7, 11) is 2.84. The van der Waals surface area contributed by atoms with Gasteiger partial charge in [-0.15, -0.1) is 16.5 Å². The van der Waals surface area contributed by atoms with E-state index in [9.17, 15) is 9.59 Å². The molecule has 3 rings (SSSR count). The summed E-state index contributed by atoms with van der Waals surface area (Å²) < 4.78 is 11.0. The summed E-state index contributed by atoms with van der Waals surface area (Å²) in [6.07, 6.45) is 0. The second kappa shape index (κ2) is 6.81. The third-order valence-corrected chi connectivity index (χ3v) is 4.45. The van der Waals surface area contributed by atoms with Crippen LogP contribution in [0.2, 0.25) is 0 Å². The molecule has 0 saturated carbocycles. The smallest absolute Gasteiger partial charge is 0.348 e. The number of fused-ring (bicyclic) bond motifs is 1. The minimum atomic E-state index is -0.582. The van der Waals surface area contributed by atoms with Gasteiger partial charge in [0.25, 0.3) is 5.56 Å². The number of hydrogen-bond acceptors (Lipinski definition) is 8. The van der Waals surface area contributed by atoms with E-state index in [1.165, 1.54) is 17.7 Å². The van der Waals surface area contributed by atoms with Gasteiger partial charge in [-0.25, -0.2) is 4.79 Å². The molecule has 0 saturated heterocycles. The highest BCUT2D eigenvalue weighted by molar-refractivity contribution is 7.19. The number of ether oxygens (including phenoxy) is 2. The van der Waals surface area contributed by atoms with Gasteiger partial charge in [-0.05, 0) is 31.2 Å². The molecule has 0 fully saturated rings. The van der Waals surface area contributed by atoms with Crippen LogP contribution in [0, 0.1) is 6.92 Å². The highest BCUT2D eigenvalue weighted by atomic mass is 32.1. The minimum Gasteiger partial charge on any atom is -0.497 e. The molecule has 2 heterocycles. The molecule has 2 aromatic heterocycles. The molecule has 0 aliphatic carbocycles. The Balaban J connectivity index is 2.06. The monoisotopic (exact) mass is 358 g/mol. The van der Waals surface area contributed by atoms with Crippen LogP contribution in [0.1, 0.15) is 15.4 Å². The largest absolute Gasteiger partial charge is 0.497 e. The van der Waals surface area contributed by atoms with E-state index < -0.39 is 11.5 Å². The van der Waals surface area contributed by atoms with Crippen LogP contribution >= 0.6 is 11.3 Å². The van der Waals surface area contributed by atoms with E-state index in [-0.39, 0.29) is 4.88 Å². The fourth-order valence-electron chi connectivity index (χ4n) is 2.12. The van der Waals surface area contributed by atoms with Crippen molar-refractivity contribution in [3.63, 3.8) is 0 Å². The van der Waals surface area contributed by atoms with Gasteiger partial charge in [-0.3, -0.25) is 4.79 Å². The van der Waals surface area contributed by atoms with Gasteiger partial charge in [0, 0.05) is 6.07 Å². The lowest BCUT2D eigenvalue weighted by Gasteiger charge is -1.99. The summed E-state index contributed by atoms with van der Waals surface area (Å²) in [4.78, 5) is 24.5. The second-order valence-electron chi connectivity index (χ2n) is 4.99. The first-order valence-corrected chi connectivity index (χ1v) is 8.02. The van der Waals surface area contributed by atoms with Crippen LogP contribution in [0.4, 0.5) is 11.4 Å². The molecule has 0 unspecified atom stereocenters. The van der Waals surface area contributed by atoms with Crippen molar-refractivity contribution in [2.24, 2.45) is 10.2 Å². The average molecular weight is 358 g/mol. The molecule has 128 valence electrons. The molecule has 0 spiro atoms. The Kier molecular flexibility index (Phi) is 4.57. The van der Waals surface area contributed by atoms with Crippen molar-refractivity contribution >= 4 is 33.5 Å². The van der Waals surface area contributed by atoms with E-state index in [1.807, 2.05) is 0 Å². The van der Waals surface area contributed by atoms with Gasteiger partial charge >= 0.3 is 5.97 Å². The fourth-order valence-corrected chi connectivity index (χ4v) is 3.16. The average Bonchev–Trinajstić information content (AvgIpc) is 2.95. The van der Waals surface area contributed by atoms with Crippen molar-refractivity contribution in [3.05, 3.63) is 51.3 Å². The summed E-state index contributed by atoms with van der Waals surface area (Å²) in [5, 5.41) is 12.5. The highest BCUT2D eigenvalue weighted by Crippen LogP contribution is 2.30. The Morgan fingerprint density at radius 2 is 1.92 bits per heavy atom. The first-order chi connectivity index (χ1) is 12.0. The van der Waals surface area contributed by atoms with Gasteiger partial charge in [-0.1, -0.05) is 0 Å². The molecule has 0 bridgehead atoms. The van der Waals surface area contributed by atoms with Crippen LogP contribution in [0.5, 0.6) is 5.75 Å². The number of hydrogen-bond donors (Lipinski definition) is 0. The summed E-state index contributed by atoms with van der Waals surface area (Å²) in [5.74, 6) is 0.133. The van der Waals surface area contributed by atoms with Crippen molar-refractivity contribution in [1.29, 1.82) is 0 Å². The van der Waals surface area contributed by atoms with Crippen molar-refractivity contribution in [1.82, 2.24) is 9.61 Å². The highest BCUT2D eigenvalue weighted by Gasteiger charge is 2.16. The van der Waals surface area contributed by atoms with Gasteiger partial charge in [0.05, 0.1) is 25.6 Å². The number of carbonyl (C=O) groups excluding carboxylic acids is 1. The third-order valence-electron chi connectivity index (χ3n) is 3.38. The number of azo groups is 1. The molecule has 1 aromatic carbocycles. The molecule has 9 heteroatoms. The summed E-state index contributed by atoms with van der Waals surface area (Å²) in [5.41, 5.74) is 1.16. The van der Waals surface area contributed by atoms with Gasteiger partial charge in [0.15, 0.2) is 4.83 Å². The Bertz CT molecular complexity index is 1020. The van der Waals surface area contributed by atoms with Crippen molar-refractivity contribution in [3.8, 4) is 5.75 Å². The second-order valence-corrected chi connectivity index (χ2v) is 6.02. The number of esters is 1. The number of rotatable bonds is 4. The van der Waals surface area contributed by atoms with Crippen LogP contribution < -0.4 is 10.3 Å². The Hall–Kier alpha value is -3.07. The van der Waals surface area contributed by atoms with Crippen LogP contribution in [-0.2, 0) is 4.74 Å². The predicted molar refractivity (Wildman–Crippen MR) is 92.6 cm³/mol. The topological polar surface area (TPSA) is 94.6 Å². The Morgan fingerprint density at radius 1 is 1.20 bits per heavy atom. The van der Waals surface area contributed by atoms with E-state index >= 15 is 0 Å². The lowest BCUT2D eigenvalue weighted by atomic mass is 10.3. The predicted octanol–water partition coefficient (Wildman–Crippen LogP) is 3.28. The van der Waals surface area contributed by atoms with Gasteiger partial charge < -0.3 is 9.47 Å². The SMILES string of the molecule is COC(=O)c1cc(=O)n2nc(C)c(N=Nc3ccc(OC)cc3)c2s1. The van der Waals surface area contributed by atoms with Crippen LogP contribution in [0.15, 0.2) is 45.4 Å². The minimum absolute atomic E-state index is 0.181. The number of benzene rings is 1. The quantitative estimate of drug-likeness (QED) is 0.527. The first kappa shape index (κ1) is 16.8. The zero-order chi connectivity index (χ0) is 18.0. The molecule has 0 aliphatic rings. The molecule has 8 nitrogen and oxygen atoms in total.